The van der Waals surface area contributed by atoms with E-state index in [1.54, 1.807) is 5.06 Å². The number of ether oxygens (including phenoxy) is 2. The van der Waals surface area contributed by atoms with Crippen LogP contribution in [0.5, 0.6) is 0 Å². The van der Waals surface area contributed by atoms with Gasteiger partial charge in [0.1, 0.15) is 4.88 Å². The molecule has 2 heterocycles. The molecule has 2 aromatic carbocycles. The number of anilines is 2. The zero-order valence-corrected chi connectivity index (χ0v) is 23.5. The quantitative estimate of drug-likeness (QED) is 0.346. The van der Waals surface area contributed by atoms with Gasteiger partial charge in [0.25, 0.3) is 5.91 Å². The van der Waals surface area contributed by atoms with Crippen molar-refractivity contribution >= 4 is 40.2 Å². The Morgan fingerprint density at radius 2 is 1.77 bits per heavy atom. The first-order valence-electron chi connectivity index (χ1n) is 13.2. The highest BCUT2D eigenvalue weighted by atomic mass is 32.1. The maximum atomic E-state index is 12.7. The zero-order chi connectivity index (χ0) is 28.2. The van der Waals surface area contributed by atoms with E-state index in [0.717, 1.165) is 48.1 Å². The van der Waals surface area contributed by atoms with Crippen LogP contribution in [0.25, 0.3) is 11.3 Å². The maximum Gasteiger partial charge on any atom is 0.527 e. The molecule has 3 aromatic rings. The Hall–Kier alpha value is -3.96. The van der Waals surface area contributed by atoms with Crippen molar-refractivity contribution in [3.63, 3.8) is 0 Å². The van der Waals surface area contributed by atoms with E-state index < -0.39 is 12.1 Å². The molecule has 1 saturated carbocycles. The van der Waals surface area contributed by atoms with E-state index in [2.05, 4.69) is 27.5 Å². The third kappa shape index (κ3) is 6.43. The number of hydrogen-bond donors (Lipinski definition) is 2. The maximum absolute atomic E-state index is 12.7. The van der Waals surface area contributed by atoms with E-state index in [0.29, 0.717) is 34.4 Å². The molecule has 210 valence electrons. The highest BCUT2D eigenvalue weighted by Crippen LogP contribution is 2.36. The van der Waals surface area contributed by atoms with Crippen LogP contribution in [-0.4, -0.2) is 61.4 Å². The van der Waals surface area contributed by atoms with Crippen LogP contribution in [0.1, 0.15) is 62.8 Å². The number of thiazole rings is 1. The van der Waals surface area contributed by atoms with Gasteiger partial charge in [0.05, 0.1) is 19.9 Å². The average molecular weight is 565 g/mol. The minimum atomic E-state index is -0.716. The van der Waals surface area contributed by atoms with Crippen molar-refractivity contribution in [1.82, 2.24) is 15.4 Å². The lowest BCUT2D eigenvalue weighted by Crippen LogP contribution is -2.35. The number of piperidine rings is 1. The molecule has 2 aliphatic rings. The Labute approximate surface area is 236 Å². The molecule has 1 aliphatic heterocycles. The van der Waals surface area contributed by atoms with Gasteiger partial charge in [-0.15, -0.1) is 5.06 Å². The van der Waals surface area contributed by atoms with E-state index >= 15 is 0 Å². The lowest BCUT2D eigenvalue weighted by molar-refractivity contribution is -0.135. The number of nitrogens with zero attached hydrogens (tertiary/aromatic N) is 2. The summed E-state index contributed by atoms with van der Waals surface area (Å²) >= 11 is 1.21. The lowest BCUT2D eigenvalue weighted by Gasteiger charge is -2.30. The second-order valence-electron chi connectivity index (χ2n) is 9.96. The first kappa shape index (κ1) is 27.6. The summed E-state index contributed by atoms with van der Waals surface area (Å²) in [6, 6.07) is 13.8. The fourth-order valence-electron chi connectivity index (χ4n) is 4.67. The van der Waals surface area contributed by atoms with E-state index in [-0.39, 0.29) is 17.9 Å². The summed E-state index contributed by atoms with van der Waals surface area (Å²) < 4.78 is 9.65. The van der Waals surface area contributed by atoms with Crippen molar-refractivity contribution in [3.05, 3.63) is 64.0 Å². The minimum Gasteiger partial charge on any atom is -0.465 e. The number of carbonyl (C=O) groups is 3. The molecule has 1 aromatic heterocycles. The number of benzene rings is 2. The average Bonchev–Trinajstić information content (AvgIpc) is 3.69. The number of hydrogen-bond acceptors (Lipinski definition) is 10. The molecule has 1 saturated heterocycles. The summed E-state index contributed by atoms with van der Waals surface area (Å²) in [6.07, 6.45) is 2.93. The van der Waals surface area contributed by atoms with Crippen LogP contribution in [0.3, 0.4) is 0 Å². The molecule has 5 rings (SSSR count). The largest absolute Gasteiger partial charge is 0.527 e. The summed E-state index contributed by atoms with van der Waals surface area (Å²) in [6.45, 7) is 3.14. The molecule has 0 radical (unpaired) electrons. The summed E-state index contributed by atoms with van der Waals surface area (Å²) in [5.41, 5.74) is 4.73. The Bertz CT molecular complexity index is 1410. The Morgan fingerprint density at radius 1 is 1.00 bits per heavy atom. The Kier molecular flexibility index (Phi) is 8.32. The van der Waals surface area contributed by atoms with Crippen LogP contribution in [0.4, 0.5) is 15.6 Å². The third-order valence-corrected chi connectivity index (χ3v) is 8.06. The van der Waals surface area contributed by atoms with Crippen LogP contribution in [0.15, 0.2) is 42.5 Å². The van der Waals surface area contributed by atoms with Crippen LogP contribution in [-0.2, 0) is 14.3 Å². The van der Waals surface area contributed by atoms with Gasteiger partial charge in [0.2, 0.25) is 0 Å². The molecule has 2 fully saturated rings. The lowest BCUT2D eigenvalue weighted by atomic mass is 9.89. The number of rotatable bonds is 8. The molecule has 2 N–H and O–H groups in total. The van der Waals surface area contributed by atoms with Crippen molar-refractivity contribution in [1.29, 1.82) is 0 Å². The van der Waals surface area contributed by atoms with Gasteiger partial charge in [-0.2, -0.15) is 0 Å². The molecule has 10 nitrogen and oxygen atoms in total. The number of nitrogens with one attached hydrogen (secondary N) is 2. The van der Waals surface area contributed by atoms with Gasteiger partial charge in [0, 0.05) is 35.9 Å². The van der Waals surface area contributed by atoms with Crippen LogP contribution in [0.2, 0.25) is 0 Å². The number of hydroxylamine groups is 2. The molecule has 1 aliphatic carbocycles. The second kappa shape index (κ2) is 12.1. The summed E-state index contributed by atoms with van der Waals surface area (Å²) in [5, 5.41) is 8.47. The smallest absolute Gasteiger partial charge is 0.465 e. The predicted molar refractivity (Wildman–Crippen MR) is 151 cm³/mol. The van der Waals surface area contributed by atoms with Gasteiger partial charge in [-0.1, -0.05) is 35.6 Å². The van der Waals surface area contributed by atoms with Crippen LogP contribution in [0, 0.1) is 6.92 Å². The molecule has 0 atom stereocenters. The van der Waals surface area contributed by atoms with Crippen molar-refractivity contribution in [3.8, 4) is 11.3 Å². The summed E-state index contributed by atoms with van der Waals surface area (Å²) in [7, 11) is 2.64. The van der Waals surface area contributed by atoms with Crippen LogP contribution >= 0.6 is 11.3 Å². The van der Waals surface area contributed by atoms with Gasteiger partial charge in [-0.05, 0) is 67.9 Å². The molecular weight excluding hydrogens is 532 g/mol. The van der Waals surface area contributed by atoms with Crippen LogP contribution < -0.4 is 10.6 Å². The molecule has 0 bridgehead atoms. The number of amides is 1. The molecule has 40 heavy (non-hydrogen) atoms. The monoisotopic (exact) mass is 564 g/mol. The van der Waals surface area contributed by atoms with E-state index in [9.17, 15) is 14.4 Å². The van der Waals surface area contributed by atoms with Crippen molar-refractivity contribution in [2.45, 2.75) is 44.6 Å². The highest BCUT2D eigenvalue weighted by molar-refractivity contribution is 7.18. The number of esters is 1. The number of aromatic nitrogens is 1. The Morgan fingerprint density at radius 3 is 2.48 bits per heavy atom. The number of aryl methyl sites for hydroxylation is 1. The molecule has 0 spiro atoms. The van der Waals surface area contributed by atoms with E-state index in [4.69, 9.17) is 14.6 Å². The Balaban J connectivity index is 1.36. The van der Waals surface area contributed by atoms with Crippen molar-refractivity contribution < 1.29 is 28.7 Å². The zero-order valence-electron chi connectivity index (χ0n) is 22.7. The predicted octanol–water partition coefficient (Wildman–Crippen LogP) is 5.42. The van der Waals surface area contributed by atoms with Gasteiger partial charge in [0.15, 0.2) is 5.13 Å². The van der Waals surface area contributed by atoms with Gasteiger partial charge < -0.3 is 24.9 Å². The van der Waals surface area contributed by atoms with Gasteiger partial charge >= 0.3 is 12.1 Å². The summed E-state index contributed by atoms with van der Waals surface area (Å²) in [5.74, 6) is -0.295. The normalized spacial score (nSPS) is 15.8. The fourth-order valence-corrected chi connectivity index (χ4v) is 5.59. The number of methoxy groups -OCH3 is 2. The standard InChI is InChI=1S/C29H32N4O6S/c1-17-7-8-21(26(34)30-22-9-10-22)16-23(17)31-28-32-24(25(40-28)27(35)37-2)20-6-4-5-19(15-20)18-11-13-33(14-12-18)39-29(36)38-3/h4-8,15-16,18,22H,9-14H2,1-3H3,(H,30,34)(H,31,32). The molecule has 1 amide bonds. The van der Waals surface area contributed by atoms with E-state index in [1.807, 2.05) is 37.3 Å². The first-order chi connectivity index (χ1) is 19.3. The molecule has 0 unspecified atom stereocenters. The number of carbonyl (C=O) groups excluding carboxylic acids is 3. The second-order valence-corrected chi connectivity index (χ2v) is 11.0. The molecular formula is C29H32N4O6S. The molecule has 11 heteroatoms. The van der Waals surface area contributed by atoms with Crippen molar-refractivity contribution in [2.24, 2.45) is 0 Å². The topological polar surface area (TPSA) is 119 Å². The highest BCUT2D eigenvalue weighted by Gasteiger charge is 2.26. The fraction of sp³-hybridized carbons (Fsp3) is 0.379. The summed E-state index contributed by atoms with van der Waals surface area (Å²) in [4.78, 5) is 47.1. The van der Waals surface area contributed by atoms with Crippen molar-refractivity contribution in [2.75, 3.05) is 32.6 Å². The van der Waals surface area contributed by atoms with E-state index in [1.165, 1.54) is 25.6 Å². The SMILES string of the molecule is COC(=O)ON1CCC(c2cccc(-c3nc(Nc4cc(C(=O)NC5CC5)ccc4C)sc3C(=O)OC)c2)CC1. The first-order valence-corrected chi connectivity index (χ1v) is 14.0. The van der Waals surface area contributed by atoms with Gasteiger partial charge in [-0.3, -0.25) is 4.79 Å². The van der Waals surface area contributed by atoms with Gasteiger partial charge in [-0.25, -0.2) is 14.6 Å². The minimum absolute atomic E-state index is 0.0971. The third-order valence-electron chi connectivity index (χ3n) is 7.11.